The van der Waals surface area contributed by atoms with Crippen LogP contribution >= 0.6 is 0 Å². The Morgan fingerprint density at radius 1 is 1.41 bits per heavy atom. The van der Waals surface area contributed by atoms with Crippen molar-refractivity contribution in [3.05, 3.63) is 11.7 Å². The maximum absolute atomic E-state index is 12.4. The Morgan fingerprint density at radius 2 is 2.12 bits per heavy atom. The van der Waals surface area contributed by atoms with Crippen molar-refractivity contribution in [2.75, 3.05) is 26.2 Å². The lowest BCUT2D eigenvalue weighted by molar-refractivity contribution is 0.106. The Morgan fingerprint density at radius 3 is 2.65 bits per heavy atom. The molecular weight excluding hydrogens is 230 g/mol. The number of nitrogens with zero attached hydrogens (tertiary/aromatic N) is 3. The molecule has 96 valence electrons. The number of hydrogen-bond acceptors (Lipinski definition) is 5. The van der Waals surface area contributed by atoms with Crippen LogP contribution in [-0.2, 0) is 0 Å². The van der Waals surface area contributed by atoms with Crippen LogP contribution in [0.4, 0.5) is 8.78 Å². The number of rotatable bonds is 4. The second kappa shape index (κ2) is 5.50. The molecule has 0 aromatic carbocycles. The highest BCUT2D eigenvalue weighted by atomic mass is 19.3. The van der Waals surface area contributed by atoms with E-state index in [4.69, 9.17) is 0 Å². The van der Waals surface area contributed by atoms with E-state index in [1.807, 2.05) is 6.92 Å². The summed E-state index contributed by atoms with van der Waals surface area (Å²) in [5.74, 6) is -0.224. The second-order valence-corrected chi connectivity index (χ2v) is 4.00. The van der Waals surface area contributed by atoms with Crippen LogP contribution in [-0.4, -0.2) is 41.2 Å². The average Bonchev–Trinajstić information content (AvgIpc) is 2.81. The van der Waals surface area contributed by atoms with E-state index in [9.17, 15) is 8.78 Å². The van der Waals surface area contributed by atoms with Gasteiger partial charge in [0.15, 0.2) is 5.82 Å². The fraction of sp³-hybridized carbons (Fsp3) is 0.800. The summed E-state index contributed by atoms with van der Waals surface area (Å²) in [5, 5.41) is 6.90. The monoisotopic (exact) mass is 246 g/mol. The molecule has 0 saturated carbocycles. The third kappa shape index (κ3) is 2.78. The minimum atomic E-state index is -2.70. The first-order valence-electron chi connectivity index (χ1n) is 5.78. The van der Waals surface area contributed by atoms with Gasteiger partial charge >= 0.3 is 6.43 Å². The zero-order valence-electron chi connectivity index (χ0n) is 9.70. The van der Waals surface area contributed by atoms with E-state index >= 15 is 0 Å². The van der Waals surface area contributed by atoms with E-state index in [0.29, 0.717) is 5.82 Å². The Hall–Kier alpha value is -1.08. The molecular formula is C10H16F2N4O. The van der Waals surface area contributed by atoms with Crippen molar-refractivity contribution in [1.29, 1.82) is 0 Å². The van der Waals surface area contributed by atoms with Gasteiger partial charge in [-0.3, -0.25) is 4.90 Å². The van der Waals surface area contributed by atoms with Gasteiger partial charge in [-0.1, -0.05) is 12.1 Å². The molecule has 0 aliphatic carbocycles. The van der Waals surface area contributed by atoms with Crippen molar-refractivity contribution in [1.82, 2.24) is 20.4 Å². The van der Waals surface area contributed by atoms with Gasteiger partial charge in [-0.2, -0.15) is 13.8 Å². The summed E-state index contributed by atoms with van der Waals surface area (Å²) in [5.41, 5.74) is 0. The van der Waals surface area contributed by atoms with E-state index < -0.39 is 12.3 Å². The van der Waals surface area contributed by atoms with Gasteiger partial charge in [0.1, 0.15) is 0 Å². The highest BCUT2D eigenvalue weighted by molar-refractivity contribution is 4.96. The number of aromatic nitrogens is 2. The van der Waals surface area contributed by atoms with Crippen LogP contribution in [0.1, 0.15) is 37.5 Å². The van der Waals surface area contributed by atoms with Crippen molar-refractivity contribution in [2.24, 2.45) is 0 Å². The normalized spacial score (nSPS) is 19.8. The van der Waals surface area contributed by atoms with Crippen molar-refractivity contribution in [3.63, 3.8) is 0 Å². The zero-order chi connectivity index (χ0) is 12.3. The van der Waals surface area contributed by atoms with Crippen LogP contribution in [0.5, 0.6) is 0 Å². The Kier molecular flexibility index (Phi) is 4.01. The molecule has 2 rings (SSSR count). The molecule has 7 heteroatoms. The van der Waals surface area contributed by atoms with Crippen molar-refractivity contribution >= 4 is 0 Å². The third-order valence-electron chi connectivity index (χ3n) is 2.92. The van der Waals surface area contributed by atoms with Gasteiger partial charge in [-0.15, -0.1) is 0 Å². The Labute approximate surface area is 98.2 Å². The summed E-state index contributed by atoms with van der Waals surface area (Å²) < 4.78 is 29.3. The van der Waals surface area contributed by atoms with E-state index in [2.05, 4.69) is 24.9 Å². The number of hydrogen-bond donors (Lipinski definition) is 1. The molecule has 0 amide bonds. The maximum Gasteiger partial charge on any atom is 0.315 e. The van der Waals surface area contributed by atoms with Crippen molar-refractivity contribution < 1.29 is 13.3 Å². The molecule has 0 radical (unpaired) electrons. The van der Waals surface area contributed by atoms with Crippen LogP contribution in [0.2, 0.25) is 0 Å². The molecule has 1 aromatic rings. The third-order valence-corrected chi connectivity index (χ3v) is 2.92. The topological polar surface area (TPSA) is 54.2 Å². The Bertz CT molecular complexity index is 352. The van der Waals surface area contributed by atoms with Gasteiger partial charge in [0.25, 0.3) is 5.89 Å². The fourth-order valence-corrected chi connectivity index (χ4v) is 2.07. The van der Waals surface area contributed by atoms with Gasteiger partial charge in [0, 0.05) is 26.2 Å². The van der Waals surface area contributed by atoms with E-state index in [1.54, 1.807) is 0 Å². The molecule has 0 bridgehead atoms. The van der Waals surface area contributed by atoms with Crippen LogP contribution in [0.15, 0.2) is 4.52 Å². The van der Waals surface area contributed by atoms with Gasteiger partial charge < -0.3 is 9.84 Å². The van der Waals surface area contributed by atoms with Crippen molar-refractivity contribution in [3.8, 4) is 0 Å². The lowest BCUT2D eigenvalue weighted by atomic mass is 10.1. The SMILES string of the molecule is CCC(c1noc(C(F)F)n1)N1CCNCC1. The zero-order valence-corrected chi connectivity index (χ0v) is 9.70. The van der Waals surface area contributed by atoms with Gasteiger partial charge in [0.05, 0.1) is 6.04 Å². The van der Waals surface area contributed by atoms with Crippen molar-refractivity contribution in [2.45, 2.75) is 25.8 Å². The van der Waals surface area contributed by atoms with E-state index in [0.717, 1.165) is 32.6 Å². The van der Waals surface area contributed by atoms with Crippen LogP contribution in [0, 0.1) is 0 Å². The second-order valence-electron chi connectivity index (χ2n) is 4.00. The Balaban J connectivity index is 2.10. The highest BCUT2D eigenvalue weighted by Crippen LogP contribution is 2.24. The molecule has 2 heterocycles. The first-order chi connectivity index (χ1) is 8.22. The molecule has 1 unspecified atom stereocenters. The molecule has 0 spiro atoms. The highest BCUT2D eigenvalue weighted by Gasteiger charge is 2.26. The molecule has 1 aromatic heterocycles. The number of nitrogens with one attached hydrogen (secondary N) is 1. The first-order valence-corrected chi connectivity index (χ1v) is 5.78. The summed E-state index contributed by atoms with van der Waals surface area (Å²) in [4.78, 5) is 5.96. The standard InChI is InChI=1S/C10H16F2N4O/c1-2-7(16-5-3-13-4-6-16)9-14-10(8(11)12)17-15-9/h7-8,13H,2-6H2,1H3. The number of alkyl halides is 2. The van der Waals surface area contributed by atoms with Crippen LogP contribution in [0.25, 0.3) is 0 Å². The molecule has 1 aliphatic heterocycles. The predicted molar refractivity (Wildman–Crippen MR) is 56.7 cm³/mol. The molecule has 5 nitrogen and oxygen atoms in total. The molecule has 1 aliphatic rings. The minimum Gasteiger partial charge on any atom is -0.333 e. The quantitative estimate of drug-likeness (QED) is 0.869. The van der Waals surface area contributed by atoms with Crippen LogP contribution in [0.3, 0.4) is 0 Å². The summed E-state index contributed by atoms with van der Waals surface area (Å²) >= 11 is 0. The summed E-state index contributed by atoms with van der Waals surface area (Å²) in [6.45, 7) is 5.53. The largest absolute Gasteiger partial charge is 0.333 e. The van der Waals surface area contributed by atoms with Gasteiger partial charge in [0.2, 0.25) is 0 Å². The van der Waals surface area contributed by atoms with E-state index in [1.165, 1.54) is 0 Å². The van der Waals surface area contributed by atoms with Gasteiger partial charge in [-0.05, 0) is 6.42 Å². The molecule has 1 N–H and O–H groups in total. The predicted octanol–water partition coefficient (Wildman–Crippen LogP) is 1.36. The number of halogens is 2. The smallest absolute Gasteiger partial charge is 0.315 e. The summed E-state index contributed by atoms with van der Waals surface area (Å²) in [7, 11) is 0. The maximum atomic E-state index is 12.4. The number of piperazine rings is 1. The summed E-state index contributed by atoms with van der Waals surface area (Å²) in [6, 6.07) is -0.0339. The van der Waals surface area contributed by atoms with Gasteiger partial charge in [-0.25, -0.2) is 0 Å². The lowest BCUT2D eigenvalue weighted by Gasteiger charge is -2.32. The molecule has 1 fully saturated rings. The fourth-order valence-electron chi connectivity index (χ4n) is 2.07. The first kappa shape index (κ1) is 12.4. The minimum absolute atomic E-state index is 0.0339. The molecule has 17 heavy (non-hydrogen) atoms. The molecule has 1 saturated heterocycles. The summed E-state index contributed by atoms with van der Waals surface area (Å²) in [6.07, 6.45) is -1.92. The van der Waals surface area contributed by atoms with Crippen LogP contribution < -0.4 is 5.32 Å². The lowest BCUT2D eigenvalue weighted by Crippen LogP contribution is -2.45. The van der Waals surface area contributed by atoms with E-state index in [-0.39, 0.29) is 6.04 Å². The average molecular weight is 246 g/mol. The molecule has 1 atom stereocenters.